The lowest BCUT2D eigenvalue weighted by molar-refractivity contribution is -0.298. The summed E-state index contributed by atoms with van der Waals surface area (Å²) in [7, 11) is -5.12. The number of aliphatic hydroxyl groups is 5. The molecule has 0 aromatic rings. The summed E-state index contributed by atoms with van der Waals surface area (Å²) >= 11 is 0. The highest BCUT2D eigenvalue weighted by molar-refractivity contribution is 7.80. The number of rotatable bonds is 40. The second-order valence-electron chi connectivity index (χ2n) is 16.8. The van der Waals surface area contributed by atoms with E-state index in [1.54, 1.807) is 6.08 Å². The van der Waals surface area contributed by atoms with Gasteiger partial charge in [-0.3, -0.25) is 9.35 Å². The van der Waals surface area contributed by atoms with E-state index >= 15 is 0 Å². The Morgan fingerprint density at radius 1 is 0.667 bits per heavy atom. The Kier molecular flexibility index (Phi) is 34.8. The summed E-state index contributed by atoms with van der Waals surface area (Å²) in [6.45, 7) is 3.14. The zero-order valence-corrected chi connectivity index (χ0v) is 38.2. The second kappa shape index (κ2) is 37.0. The predicted molar refractivity (Wildman–Crippen MR) is 238 cm³/mol. The van der Waals surface area contributed by atoms with Crippen LogP contribution in [0.2, 0.25) is 0 Å². The summed E-state index contributed by atoms with van der Waals surface area (Å²) in [4.78, 5) is 13.1. The molecule has 1 aliphatic rings. The Bertz CT molecular complexity index is 1190. The van der Waals surface area contributed by atoms with Crippen LogP contribution in [0.25, 0.3) is 0 Å². The zero-order valence-electron chi connectivity index (χ0n) is 37.4. The molecule has 1 aliphatic heterocycles. The van der Waals surface area contributed by atoms with Crippen LogP contribution in [-0.4, -0.2) is 107 Å². The van der Waals surface area contributed by atoms with Gasteiger partial charge in [-0.1, -0.05) is 192 Å². The fraction of sp³-hybridized carbons (Fsp3) is 0.891. The smallest absolute Gasteiger partial charge is 0.394 e. The molecule has 60 heavy (non-hydrogen) atoms. The number of carbonyl (C=O) groups excluding carboxylic acids is 1. The third-order valence-electron chi connectivity index (χ3n) is 11.3. The minimum absolute atomic E-state index is 0.240. The van der Waals surface area contributed by atoms with Gasteiger partial charge >= 0.3 is 10.4 Å². The van der Waals surface area contributed by atoms with E-state index in [0.717, 1.165) is 44.9 Å². The molecule has 8 atom stereocenters. The number of ether oxygens (including phenoxy) is 2. The van der Waals surface area contributed by atoms with Gasteiger partial charge in [0.15, 0.2) is 6.29 Å². The van der Waals surface area contributed by atoms with Crippen molar-refractivity contribution < 1.29 is 57.0 Å². The summed E-state index contributed by atoms with van der Waals surface area (Å²) in [6, 6.07) is -1.13. The molecule has 8 unspecified atom stereocenters. The molecule has 0 aliphatic carbocycles. The normalized spacial score (nSPS) is 21.5. The highest BCUT2D eigenvalue weighted by Crippen LogP contribution is 2.26. The van der Waals surface area contributed by atoms with E-state index in [9.17, 15) is 38.7 Å². The van der Waals surface area contributed by atoms with Crippen LogP contribution in [-0.2, 0) is 28.9 Å². The predicted octanol–water partition coefficient (Wildman–Crippen LogP) is 8.30. The first-order chi connectivity index (χ1) is 28.9. The first kappa shape index (κ1) is 56.6. The van der Waals surface area contributed by atoms with Crippen LogP contribution in [0.3, 0.4) is 0 Å². The molecule has 1 saturated heterocycles. The molecule has 1 rings (SSSR count). The molecule has 13 nitrogen and oxygen atoms in total. The lowest BCUT2D eigenvalue weighted by Crippen LogP contribution is -2.61. The maximum absolute atomic E-state index is 13.1. The van der Waals surface area contributed by atoms with E-state index in [2.05, 4.69) is 35.5 Å². The Morgan fingerprint density at radius 2 is 1.12 bits per heavy atom. The average molecular weight is 878 g/mol. The third-order valence-corrected chi connectivity index (χ3v) is 11.8. The number of nitrogens with one attached hydrogen (secondary N) is 1. The number of hydrogen-bond acceptors (Lipinski definition) is 11. The van der Waals surface area contributed by atoms with Crippen molar-refractivity contribution in [2.45, 2.75) is 249 Å². The van der Waals surface area contributed by atoms with E-state index in [1.165, 1.54) is 128 Å². The van der Waals surface area contributed by atoms with Gasteiger partial charge in [0.1, 0.15) is 30.5 Å². The highest BCUT2D eigenvalue weighted by atomic mass is 32.3. The minimum atomic E-state index is -5.12. The number of hydrogen-bond donors (Lipinski definition) is 7. The Hall–Kier alpha value is -1.46. The molecule has 0 radical (unpaired) electrons. The average Bonchev–Trinajstić information content (AvgIpc) is 3.22. The van der Waals surface area contributed by atoms with Gasteiger partial charge in [-0.2, -0.15) is 8.42 Å². The maximum atomic E-state index is 13.1. The molecular weight excluding hydrogens is 791 g/mol. The molecule has 14 heteroatoms. The molecule has 354 valence electrons. The number of carbonyl (C=O) groups is 1. The molecule has 0 aromatic heterocycles. The lowest BCUT2D eigenvalue weighted by Gasteiger charge is -2.41. The van der Waals surface area contributed by atoms with Gasteiger partial charge < -0.3 is 40.3 Å². The maximum Gasteiger partial charge on any atom is 0.397 e. The Labute approximate surface area is 364 Å². The molecule has 0 bridgehead atoms. The van der Waals surface area contributed by atoms with Crippen LogP contribution in [0, 0.1) is 0 Å². The summed E-state index contributed by atoms with van der Waals surface area (Å²) in [6.07, 6.45) is 30.1. The molecule has 1 fully saturated rings. The first-order valence-electron chi connectivity index (χ1n) is 23.8. The summed E-state index contributed by atoms with van der Waals surface area (Å²) in [5.74, 6) is -0.712. The van der Waals surface area contributed by atoms with E-state index in [4.69, 9.17) is 14.0 Å². The number of unbranched alkanes of at least 4 members (excludes halogenated alkanes) is 25. The molecule has 1 heterocycles. The van der Waals surface area contributed by atoms with Crippen molar-refractivity contribution in [2.24, 2.45) is 0 Å². The van der Waals surface area contributed by atoms with Gasteiger partial charge in [-0.25, -0.2) is 4.18 Å². The first-order valence-corrected chi connectivity index (χ1v) is 25.2. The van der Waals surface area contributed by atoms with Crippen molar-refractivity contribution in [3.63, 3.8) is 0 Å². The summed E-state index contributed by atoms with van der Waals surface area (Å²) in [5.41, 5.74) is 0. The van der Waals surface area contributed by atoms with Gasteiger partial charge in [-0.05, 0) is 32.1 Å². The van der Waals surface area contributed by atoms with Crippen LogP contribution in [0.15, 0.2) is 24.3 Å². The fourth-order valence-corrected chi connectivity index (χ4v) is 8.04. The fourth-order valence-electron chi connectivity index (χ4n) is 7.54. The van der Waals surface area contributed by atoms with E-state index in [1.807, 2.05) is 0 Å². The van der Waals surface area contributed by atoms with Crippen molar-refractivity contribution in [3.05, 3.63) is 24.3 Å². The number of amides is 1. The van der Waals surface area contributed by atoms with Gasteiger partial charge in [-0.15, -0.1) is 0 Å². The largest absolute Gasteiger partial charge is 0.397 e. The number of allylic oxidation sites excluding steroid dienone is 3. The van der Waals surface area contributed by atoms with Crippen LogP contribution < -0.4 is 5.32 Å². The molecule has 7 N–H and O–H groups in total. The molecule has 0 aromatic carbocycles. The van der Waals surface area contributed by atoms with Crippen LogP contribution in [0.1, 0.15) is 200 Å². The van der Waals surface area contributed by atoms with Crippen molar-refractivity contribution in [3.8, 4) is 0 Å². The van der Waals surface area contributed by atoms with E-state index in [0.29, 0.717) is 12.8 Å². The van der Waals surface area contributed by atoms with Crippen LogP contribution in [0.4, 0.5) is 0 Å². The van der Waals surface area contributed by atoms with Gasteiger partial charge in [0, 0.05) is 0 Å². The summed E-state index contributed by atoms with van der Waals surface area (Å²) in [5, 5.41) is 55.0. The molecular formula is C46H87NO12S. The zero-order chi connectivity index (χ0) is 44.3. The van der Waals surface area contributed by atoms with Crippen molar-refractivity contribution in [2.75, 3.05) is 13.2 Å². The SMILES string of the molecule is CCCCC/C=C/CC/C=C/C(O)C(COC1OC(CO)C(O)C(OS(=O)(=O)O)C1O)NC(=O)C(O)CCCCCCCCCCCCCCCCCCCCCCCC. The minimum Gasteiger partial charge on any atom is -0.394 e. The second-order valence-corrected chi connectivity index (χ2v) is 17.9. The van der Waals surface area contributed by atoms with Crippen LogP contribution >= 0.6 is 0 Å². The van der Waals surface area contributed by atoms with Gasteiger partial charge in [0.2, 0.25) is 5.91 Å². The Balaban J connectivity index is 2.43. The molecule has 1 amide bonds. The van der Waals surface area contributed by atoms with Crippen molar-refractivity contribution in [1.29, 1.82) is 0 Å². The molecule has 0 spiro atoms. The van der Waals surface area contributed by atoms with Crippen molar-refractivity contribution >= 4 is 16.3 Å². The van der Waals surface area contributed by atoms with Crippen molar-refractivity contribution in [1.82, 2.24) is 5.32 Å². The standard InChI is InChI=1S/C46H87NO12S/c1-3-5-7-9-11-13-14-15-16-17-18-19-20-21-22-23-24-25-27-29-31-33-35-40(50)45(53)47-38(39(49)34-32-30-28-26-12-10-8-6-4-2)37-57-46-43(52)44(59-60(54,55)56)42(51)41(36-48)58-46/h12,26,32,34,38-44,46,48-52H,3-11,13-25,27-31,33,35-37H2,1-2H3,(H,47,53)(H,54,55,56)/b26-12+,34-32+. The van der Waals surface area contributed by atoms with Gasteiger partial charge in [0.05, 0.1) is 25.4 Å². The van der Waals surface area contributed by atoms with Crippen LogP contribution in [0.5, 0.6) is 0 Å². The quantitative estimate of drug-likeness (QED) is 0.0176. The monoisotopic (exact) mass is 878 g/mol. The highest BCUT2D eigenvalue weighted by Gasteiger charge is 2.48. The van der Waals surface area contributed by atoms with E-state index < -0.39 is 78.5 Å². The Morgan fingerprint density at radius 3 is 1.60 bits per heavy atom. The topological polar surface area (TPSA) is 212 Å². The van der Waals surface area contributed by atoms with E-state index in [-0.39, 0.29) is 6.42 Å². The van der Waals surface area contributed by atoms with Gasteiger partial charge in [0.25, 0.3) is 0 Å². The molecule has 0 saturated carbocycles. The number of aliphatic hydroxyl groups excluding tert-OH is 5. The third kappa shape index (κ3) is 29.0. The lowest BCUT2D eigenvalue weighted by atomic mass is 9.99. The summed E-state index contributed by atoms with van der Waals surface area (Å²) < 4.78 is 47.4.